The quantitative estimate of drug-likeness (QED) is 0.768. The number of hydrogen-bond donors (Lipinski definition) is 1. The molecular formula is C19H20N2O. The van der Waals surface area contributed by atoms with Crippen LogP contribution in [0.15, 0.2) is 54.6 Å². The molecule has 3 rings (SSSR count). The van der Waals surface area contributed by atoms with Gasteiger partial charge in [0.1, 0.15) is 5.69 Å². The summed E-state index contributed by atoms with van der Waals surface area (Å²) < 4.78 is 1.86. The van der Waals surface area contributed by atoms with Crippen molar-refractivity contribution in [2.45, 2.75) is 26.7 Å². The van der Waals surface area contributed by atoms with Gasteiger partial charge in [-0.3, -0.25) is 0 Å². The molecule has 0 aliphatic heterocycles. The Morgan fingerprint density at radius 2 is 1.68 bits per heavy atom. The van der Waals surface area contributed by atoms with Crippen LogP contribution in [-0.2, 0) is 6.42 Å². The molecule has 22 heavy (non-hydrogen) atoms. The van der Waals surface area contributed by atoms with Gasteiger partial charge in [0.2, 0.25) is 0 Å². The maximum absolute atomic E-state index is 10.6. The Kier molecular flexibility index (Phi) is 3.96. The van der Waals surface area contributed by atoms with E-state index in [2.05, 4.69) is 18.9 Å². The standard InChI is InChI=1S/C19H20N2O/c1-3-7-17-19(22)18(15-12-10-14(2)11-13-15)20-21(17)16-8-5-4-6-9-16/h4-6,8-13,22H,3,7H2,1-2H3. The highest BCUT2D eigenvalue weighted by Crippen LogP contribution is 2.33. The van der Waals surface area contributed by atoms with Crippen molar-refractivity contribution in [1.29, 1.82) is 0 Å². The number of rotatable bonds is 4. The molecule has 1 N–H and O–H groups in total. The molecule has 0 unspecified atom stereocenters. The molecule has 1 aromatic heterocycles. The van der Waals surface area contributed by atoms with E-state index >= 15 is 0 Å². The lowest BCUT2D eigenvalue weighted by molar-refractivity contribution is 0.468. The van der Waals surface area contributed by atoms with Crippen molar-refractivity contribution >= 4 is 0 Å². The minimum Gasteiger partial charge on any atom is -0.504 e. The van der Waals surface area contributed by atoms with E-state index in [4.69, 9.17) is 0 Å². The summed E-state index contributed by atoms with van der Waals surface area (Å²) in [5.74, 6) is 0.287. The molecule has 0 bridgehead atoms. The fourth-order valence-corrected chi connectivity index (χ4v) is 2.59. The third-order valence-corrected chi connectivity index (χ3v) is 3.77. The minimum atomic E-state index is 0.287. The van der Waals surface area contributed by atoms with Crippen LogP contribution < -0.4 is 0 Å². The van der Waals surface area contributed by atoms with Crippen LogP contribution in [0.25, 0.3) is 16.9 Å². The van der Waals surface area contributed by atoms with Crippen LogP contribution in [0.5, 0.6) is 5.75 Å². The Balaban J connectivity index is 2.15. The lowest BCUT2D eigenvalue weighted by Gasteiger charge is -2.06. The lowest BCUT2D eigenvalue weighted by atomic mass is 10.1. The SMILES string of the molecule is CCCc1c(O)c(-c2ccc(C)cc2)nn1-c1ccccc1. The molecule has 2 aromatic carbocycles. The Hall–Kier alpha value is -2.55. The molecule has 0 saturated heterocycles. The molecule has 0 aliphatic carbocycles. The van der Waals surface area contributed by atoms with Crippen LogP contribution >= 0.6 is 0 Å². The fourth-order valence-electron chi connectivity index (χ4n) is 2.59. The van der Waals surface area contributed by atoms with E-state index in [-0.39, 0.29) is 5.75 Å². The summed E-state index contributed by atoms with van der Waals surface area (Å²) >= 11 is 0. The number of aromatic hydroxyl groups is 1. The molecule has 112 valence electrons. The van der Waals surface area contributed by atoms with Gasteiger partial charge in [0.15, 0.2) is 5.75 Å². The monoisotopic (exact) mass is 292 g/mol. The van der Waals surface area contributed by atoms with E-state index in [9.17, 15) is 5.11 Å². The second-order valence-corrected chi connectivity index (χ2v) is 5.51. The Labute approximate surface area is 130 Å². The van der Waals surface area contributed by atoms with E-state index < -0.39 is 0 Å². The summed E-state index contributed by atoms with van der Waals surface area (Å²) in [6.07, 6.45) is 1.75. The molecule has 3 nitrogen and oxygen atoms in total. The first-order valence-electron chi connectivity index (χ1n) is 7.64. The van der Waals surface area contributed by atoms with Crippen LogP contribution in [0.1, 0.15) is 24.6 Å². The van der Waals surface area contributed by atoms with Gasteiger partial charge >= 0.3 is 0 Å². The third kappa shape index (κ3) is 2.62. The van der Waals surface area contributed by atoms with Gasteiger partial charge in [-0.05, 0) is 25.5 Å². The zero-order valence-corrected chi connectivity index (χ0v) is 13.0. The van der Waals surface area contributed by atoms with Crippen molar-refractivity contribution in [2.75, 3.05) is 0 Å². The minimum absolute atomic E-state index is 0.287. The molecule has 0 atom stereocenters. The molecule has 3 aromatic rings. The lowest BCUT2D eigenvalue weighted by Crippen LogP contribution is -2.01. The van der Waals surface area contributed by atoms with Crippen molar-refractivity contribution < 1.29 is 5.11 Å². The van der Waals surface area contributed by atoms with E-state index in [0.717, 1.165) is 29.8 Å². The second-order valence-electron chi connectivity index (χ2n) is 5.51. The van der Waals surface area contributed by atoms with Gasteiger partial charge < -0.3 is 5.11 Å². The molecule has 1 heterocycles. The largest absolute Gasteiger partial charge is 0.504 e. The summed E-state index contributed by atoms with van der Waals surface area (Å²) in [6, 6.07) is 18.0. The van der Waals surface area contributed by atoms with Gasteiger partial charge in [0.05, 0.1) is 11.4 Å². The Morgan fingerprint density at radius 1 is 1.00 bits per heavy atom. The third-order valence-electron chi connectivity index (χ3n) is 3.77. The van der Waals surface area contributed by atoms with E-state index in [0.29, 0.717) is 5.69 Å². The summed E-state index contributed by atoms with van der Waals surface area (Å²) in [5, 5.41) is 15.3. The number of aryl methyl sites for hydroxylation is 1. The van der Waals surface area contributed by atoms with E-state index in [1.165, 1.54) is 5.56 Å². The van der Waals surface area contributed by atoms with Crippen molar-refractivity contribution in [2.24, 2.45) is 0 Å². The highest BCUT2D eigenvalue weighted by atomic mass is 16.3. The van der Waals surface area contributed by atoms with Crippen LogP contribution in [0.4, 0.5) is 0 Å². The average molecular weight is 292 g/mol. The van der Waals surface area contributed by atoms with Crippen LogP contribution in [0, 0.1) is 6.92 Å². The van der Waals surface area contributed by atoms with E-state index in [1.807, 2.05) is 59.3 Å². The van der Waals surface area contributed by atoms with Crippen molar-refractivity contribution in [3.63, 3.8) is 0 Å². The molecule has 0 saturated carbocycles. The average Bonchev–Trinajstić information content (AvgIpc) is 2.87. The van der Waals surface area contributed by atoms with Gasteiger partial charge in [-0.1, -0.05) is 61.4 Å². The number of para-hydroxylation sites is 1. The van der Waals surface area contributed by atoms with Gasteiger partial charge in [0, 0.05) is 5.56 Å². The zero-order valence-electron chi connectivity index (χ0n) is 13.0. The molecule has 0 fully saturated rings. The predicted molar refractivity (Wildman–Crippen MR) is 89.4 cm³/mol. The summed E-state index contributed by atoms with van der Waals surface area (Å²) in [6.45, 7) is 4.15. The maximum Gasteiger partial charge on any atom is 0.165 e. The van der Waals surface area contributed by atoms with Gasteiger partial charge in [-0.25, -0.2) is 4.68 Å². The van der Waals surface area contributed by atoms with Crippen molar-refractivity contribution in [1.82, 2.24) is 9.78 Å². The normalized spacial score (nSPS) is 10.8. The second kappa shape index (κ2) is 6.06. The summed E-state index contributed by atoms with van der Waals surface area (Å²) in [7, 11) is 0. The first-order chi connectivity index (χ1) is 10.7. The molecule has 0 amide bonds. The number of aromatic nitrogens is 2. The van der Waals surface area contributed by atoms with Gasteiger partial charge in [-0.15, -0.1) is 0 Å². The first kappa shape index (κ1) is 14.4. The van der Waals surface area contributed by atoms with Crippen LogP contribution in [-0.4, -0.2) is 14.9 Å². The summed E-state index contributed by atoms with van der Waals surface area (Å²) in [5.41, 5.74) is 4.62. The molecule has 0 spiro atoms. The molecule has 0 radical (unpaired) electrons. The van der Waals surface area contributed by atoms with Gasteiger partial charge in [0.25, 0.3) is 0 Å². The Morgan fingerprint density at radius 3 is 2.32 bits per heavy atom. The topological polar surface area (TPSA) is 38.1 Å². The summed E-state index contributed by atoms with van der Waals surface area (Å²) in [4.78, 5) is 0. The fraction of sp³-hybridized carbons (Fsp3) is 0.211. The smallest absolute Gasteiger partial charge is 0.165 e. The van der Waals surface area contributed by atoms with Crippen LogP contribution in [0.2, 0.25) is 0 Å². The molecule has 3 heteroatoms. The molecule has 0 aliphatic rings. The number of hydrogen-bond acceptors (Lipinski definition) is 2. The van der Waals surface area contributed by atoms with Crippen molar-refractivity contribution in [3.05, 3.63) is 65.9 Å². The van der Waals surface area contributed by atoms with Crippen LogP contribution in [0.3, 0.4) is 0 Å². The zero-order chi connectivity index (χ0) is 15.5. The molecular weight excluding hydrogens is 272 g/mol. The maximum atomic E-state index is 10.6. The van der Waals surface area contributed by atoms with Crippen molar-refractivity contribution in [3.8, 4) is 22.7 Å². The van der Waals surface area contributed by atoms with E-state index in [1.54, 1.807) is 0 Å². The highest BCUT2D eigenvalue weighted by Gasteiger charge is 2.18. The Bertz CT molecular complexity index is 758. The van der Waals surface area contributed by atoms with Gasteiger partial charge in [-0.2, -0.15) is 5.10 Å². The highest BCUT2D eigenvalue weighted by molar-refractivity contribution is 5.68. The number of benzene rings is 2. The number of nitrogens with zero attached hydrogens (tertiary/aromatic N) is 2. The first-order valence-corrected chi connectivity index (χ1v) is 7.64. The predicted octanol–water partition coefficient (Wildman–Crippen LogP) is 4.51.